The van der Waals surface area contributed by atoms with E-state index in [1.807, 2.05) is 6.92 Å². The van der Waals surface area contributed by atoms with E-state index in [9.17, 15) is 18.0 Å². The van der Waals surface area contributed by atoms with Gasteiger partial charge in [-0.05, 0) is 74.5 Å². The Kier molecular flexibility index (Phi) is 8.73. The van der Waals surface area contributed by atoms with E-state index in [4.69, 9.17) is 21.1 Å². The second-order valence-electron chi connectivity index (χ2n) is 7.21. The van der Waals surface area contributed by atoms with Crippen LogP contribution in [-0.2, 0) is 19.6 Å². The zero-order valence-corrected chi connectivity index (χ0v) is 20.8. The summed E-state index contributed by atoms with van der Waals surface area (Å²) in [5.74, 6) is -0.679. The molecule has 0 saturated carbocycles. The molecule has 184 valence electrons. The molecule has 1 N–H and O–H groups in total. The van der Waals surface area contributed by atoms with Crippen molar-refractivity contribution >= 4 is 44.9 Å². The minimum atomic E-state index is -4.14. The zero-order valence-electron chi connectivity index (χ0n) is 19.2. The number of hydrogen-bond acceptors (Lipinski definition) is 6. The van der Waals surface area contributed by atoms with Crippen LogP contribution in [-0.4, -0.2) is 40.1 Å². The lowest BCUT2D eigenvalue weighted by atomic mass is 10.2. The number of hydrogen-bond donors (Lipinski definition) is 1. The van der Waals surface area contributed by atoms with Gasteiger partial charge in [-0.3, -0.25) is 9.10 Å². The molecule has 0 radical (unpaired) electrons. The molecule has 3 aromatic carbocycles. The third-order valence-corrected chi connectivity index (χ3v) is 6.86. The topological polar surface area (TPSA) is 102 Å². The maximum Gasteiger partial charge on any atom is 0.340 e. The van der Waals surface area contributed by atoms with E-state index >= 15 is 0 Å². The molecule has 0 aromatic heterocycles. The van der Waals surface area contributed by atoms with Gasteiger partial charge in [0.25, 0.3) is 10.0 Å². The van der Waals surface area contributed by atoms with Crippen molar-refractivity contribution in [3.05, 3.63) is 83.4 Å². The first-order chi connectivity index (χ1) is 16.8. The molecule has 0 saturated heterocycles. The maximum absolute atomic E-state index is 13.5. The van der Waals surface area contributed by atoms with E-state index in [-0.39, 0.29) is 28.4 Å². The summed E-state index contributed by atoms with van der Waals surface area (Å²) < 4.78 is 38.4. The van der Waals surface area contributed by atoms with Crippen LogP contribution in [0.2, 0.25) is 5.02 Å². The van der Waals surface area contributed by atoms with Crippen LogP contribution in [0.15, 0.2) is 77.7 Å². The highest BCUT2D eigenvalue weighted by atomic mass is 35.5. The first-order valence-corrected chi connectivity index (χ1v) is 12.6. The second kappa shape index (κ2) is 11.7. The van der Waals surface area contributed by atoms with Crippen molar-refractivity contribution in [3.63, 3.8) is 0 Å². The van der Waals surface area contributed by atoms with E-state index in [0.29, 0.717) is 17.4 Å². The molecule has 8 nitrogen and oxygen atoms in total. The van der Waals surface area contributed by atoms with Crippen LogP contribution < -0.4 is 14.4 Å². The number of rotatable bonds is 10. The van der Waals surface area contributed by atoms with Gasteiger partial charge in [-0.2, -0.15) is 0 Å². The summed E-state index contributed by atoms with van der Waals surface area (Å²) >= 11 is 5.92. The summed E-state index contributed by atoms with van der Waals surface area (Å²) in [4.78, 5) is 25.2. The van der Waals surface area contributed by atoms with Crippen molar-refractivity contribution in [2.75, 3.05) is 29.4 Å². The number of esters is 1. The number of benzene rings is 3. The predicted octanol–water partition coefficient (Wildman–Crippen LogP) is 4.75. The molecule has 0 heterocycles. The van der Waals surface area contributed by atoms with Crippen LogP contribution in [0.25, 0.3) is 0 Å². The summed E-state index contributed by atoms with van der Waals surface area (Å²) in [6.45, 7) is 3.59. The number of halogens is 1. The Morgan fingerprint density at radius 3 is 2.20 bits per heavy atom. The van der Waals surface area contributed by atoms with Crippen molar-refractivity contribution in [1.82, 2.24) is 0 Å². The number of carbonyl (C=O) groups is 2. The fourth-order valence-corrected chi connectivity index (χ4v) is 4.77. The molecule has 0 atom stereocenters. The Bertz CT molecular complexity index is 1280. The van der Waals surface area contributed by atoms with E-state index < -0.39 is 28.4 Å². The largest absolute Gasteiger partial charge is 0.494 e. The fourth-order valence-electron chi connectivity index (χ4n) is 3.22. The molecule has 0 bridgehead atoms. The molecule has 0 spiro atoms. The lowest BCUT2D eigenvalue weighted by Gasteiger charge is -2.24. The first kappa shape index (κ1) is 26.1. The molecule has 3 rings (SSSR count). The number of ether oxygens (including phenoxy) is 2. The van der Waals surface area contributed by atoms with Crippen LogP contribution in [0, 0.1) is 0 Å². The average molecular weight is 517 g/mol. The molecule has 10 heteroatoms. The second-order valence-corrected chi connectivity index (χ2v) is 9.51. The maximum atomic E-state index is 13.5. The van der Waals surface area contributed by atoms with Crippen LogP contribution >= 0.6 is 11.6 Å². The number of carbonyl (C=O) groups excluding carboxylic acids is 2. The Morgan fingerprint density at radius 1 is 0.914 bits per heavy atom. The van der Waals surface area contributed by atoms with E-state index in [2.05, 4.69) is 5.32 Å². The number of anilines is 2. The number of amides is 1. The number of para-hydroxylation sites is 1. The van der Waals surface area contributed by atoms with Crippen LogP contribution in [0.3, 0.4) is 0 Å². The lowest BCUT2D eigenvalue weighted by molar-refractivity contribution is -0.114. The smallest absolute Gasteiger partial charge is 0.340 e. The molecule has 0 aliphatic carbocycles. The third-order valence-electron chi connectivity index (χ3n) is 4.82. The molecule has 35 heavy (non-hydrogen) atoms. The van der Waals surface area contributed by atoms with Gasteiger partial charge in [-0.25, -0.2) is 13.2 Å². The van der Waals surface area contributed by atoms with Gasteiger partial charge in [0, 0.05) is 5.02 Å². The van der Waals surface area contributed by atoms with Gasteiger partial charge in [-0.1, -0.05) is 23.7 Å². The van der Waals surface area contributed by atoms with E-state index in [0.717, 1.165) is 4.31 Å². The van der Waals surface area contributed by atoms with Crippen molar-refractivity contribution in [2.24, 2.45) is 0 Å². The molecule has 0 aliphatic heterocycles. The normalized spacial score (nSPS) is 10.9. The monoisotopic (exact) mass is 516 g/mol. The zero-order chi connectivity index (χ0) is 25.4. The third kappa shape index (κ3) is 6.52. The minimum Gasteiger partial charge on any atom is -0.494 e. The van der Waals surface area contributed by atoms with Gasteiger partial charge >= 0.3 is 5.97 Å². The van der Waals surface area contributed by atoms with Crippen LogP contribution in [0.1, 0.15) is 24.2 Å². The molecular formula is C25H25ClN2O6S. The van der Waals surface area contributed by atoms with Gasteiger partial charge < -0.3 is 14.8 Å². The standard InChI is InChI=1S/C25H25ClN2O6S/c1-3-33-20-13-11-19(12-14-20)28(35(31,32)21-15-9-18(26)10-16-21)17-24(29)27-23-8-6-5-7-22(23)25(30)34-4-2/h5-16H,3-4,17H2,1-2H3,(H,27,29). The molecule has 0 aliphatic rings. The Labute approximate surface area is 209 Å². The van der Waals surface area contributed by atoms with Gasteiger partial charge in [0.2, 0.25) is 5.91 Å². The minimum absolute atomic E-state index is 0.0319. The summed E-state index contributed by atoms with van der Waals surface area (Å²) in [7, 11) is -4.14. The Morgan fingerprint density at radius 2 is 1.57 bits per heavy atom. The summed E-state index contributed by atoms with van der Waals surface area (Å²) in [5.41, 5.74) is 0.639. The van der Waals surface area contributed by atoms with Gasteiger partial charge in [-0.15, -0.1) is 0 Å². The number of nitrogens with zero attached hydrogens (tertiary/aromatic N) is 1. The van der Waals surface area contributed by atoms with Crippen LogP contribution in [0.5, 0.6) is 5.75 Å². The summed E-state index contributed by atoms with van der Waals surface area (Å²) in [6.07, 6.45) is 0. The highest BCUT2D eigenvalue weighted by Gasteiger charge is 2.28. The molecule has 0 fully saturated rings. The Hall–Kier alpha value is -3.56. The number of sulfonamides is 1. The SMILES string of the molecule is CCOC(=O)c1ccccc1NC(=O)CN(c1ccc(OCC)cc1)S(=O)(=O)c1ccc(Cl)cc1. The summed E-state index contributed by atoms with van der Waals surface area (Å²) in [6, 6.07) is 18.3. The fraction of sp³-hybridized carbons (Fsp3) is 0.200. The van der Waals surface area contributed by atoms with Crippen molar-refractivity contribution in [1.29, 1.82) is 0 Å². The van der Waals surface area contributed by atoms with Crippen molar-refractivity contribution < 1.29 is 27.5 Å². The molecule has 1 amide bonds. The first-order valence-electron chi connectivity index (χ1n) is 10.8. The summed E-state index contributed by atoms with van der Waals surface area (Å²) in [5, 5.41) is 3.00. The van der Waals surface area contributed by atoms with E-state index in [1.54, 1.807) is 49.4 Å². The van der Waals surface area contributed by atoms with Crippen LogP contribution in [0.4, 0.5) is 11.4 Å². The van der Waals surface area contributed by atoms with Gasteiger partial charge in [0.1, 0.15) is 12.3 Å². The quantitative estimate of drug-likeness (QED) is 0.390. The highest BCUT2D eigenvalue weighted by Crippen LogP contribution is 2.27. The predicted molar refractivity (Wildman–Crippen MR) is 135 cm³/mol. The molecular weight excluding hydrogens is 492 g/mol. The molecule has 0 unspecified atom stereocenters. The average Bonchev–Trinajstić information content (AvgIpc) is 2.84. The van der Waals surface area contributed by atoms with Crippen molar-refractivity contribution in [3.8, 4) is 5.75 Å². The molecule has 3 aromatic rings. The van der Waals surface area contributed by atoms with Gasteiger partial charge in [0.15, 0.2) is 0 Å². The van der Waals surface area contributed by atoms with E-state index in [1.165, 1.54) is 30.3 Å². The van der Waals surface area contributed by atoms with Gasteiger partial charge in [0.05, 0.1) is 35.0 Å². The van der Waals surface area contributed by atoms with Crippen molar-refractivity contribution in [2.45, 2.75) is 18.7 Å². The highest BCUT2D eigenvalue weighted by molar-refractivity contribution is 7.92. The Balaban J connectivity index is 1.94. The number of nitrogens with one attached hydrogen (secondary N) is 1. The lowest BCUT2D eigenvalue weighted by Crippen LogP contribution is -2.38.